The summed E-state index contributed by atoms with van der Waals surface area (Å²) in [5.74, 6) is -1.42. The van der Waals surface area contributed by atoms with Crippen molar-refractivity contribution in [2.24, 2.45) is 0 Å². The number of benzene rings is 2. The van der Waals surface area contributed by atoms with Gasteiger partial charge >= 0.3 is 0 Å². The lowest BCUT2D eigenvalue weighted by Crippen LogP contribution is -2.13. The molecule has 1 aromatic heterocycles. The van der Waals surface area contributed by atoms with Crippen LogP contribution in [0.15, 0.2) is 54.6 Å². The average Bonchev–Trinajstić information content (AvgIpc) is 2.60. The highest BCUT2D eigenvalue weighted by Crippen LogP contribution is 2.22. The van der Waals surface area contributed by atoms with Crippen LogP contribution in [0.5, 0.6) is 0 Å². The molecule has 0 aliphatic rings. The molecule has 3 rings (SSSR count). The second-order valence-electron chi connectivity index (χ2n) is 5.35. The summed E-state index contributed by atoms with van der Waals surface area (Å²) >= 11 is 0. The molecule has 7 heteroatoms. The highest BCUT2D eigenvalue weighted by atomic mass is 19.1. The molecule has 0 saturated heterocycles. The van der Waals surface area contributed by atoms with E-state index in [-0.39, 0.29) is 23.2 Å². The van der Waals surface area contributed by atoms with Gasteiger partial charge in [-0.15, -0.1) is 10.2 Å². The van der Waals surface area contributed by atoms with Gasteiger partial charge in [-0.25, -0.2) is 8.78 Å². The summed E-state index contributed by atoms with van der Waals surface area (Å²) in [4.78, 5) is 12.1. The van der Waals surface area contributed by atoms with Crippen LogP contribution < -0.4 is 10.6 Å². The predicted molar refractivity (Wildman–Crippen MR) is 90.8 cm³/mol. The summed E-state index contributed by atoms with van der Waals surface area (Å²) in [5, 5.41) is 12.8. The van der Waals surface area contributed by atoms with Gasteiger partial charge in [-0.1, -0.05) is 23.8 Å². The van der Waals surface area contributed by atoms with E-state index >= 15 is 0 Å². The van der Waals surface area contributed by atoms with Crippen LogP contribution in [0.4, 0.5) is 26.1 Å². The molecule has 0 atom stereocenters. The fraction of sp³-hybridized carbons (Fsp3) is 0.0556. The third kappa shape index (κ3) is 3.95. The van der Waals surface area contributed by atoms with Gasteiger partial charge in [0.05, 0.1) is 0 Å². The molecule has 0 spiro atoms. The van der Waals surface area contributed by atoms with E-state index in [1.165, 1.54) is 18.2 Å². The third-order valence-electron chi connectivity index (χ3n) is 3.40. The van der Waals surface area contributed by atoms with Crippen molar-refractivity contribution < 1.29 is 13.6 Å². The molecule has 0 radical (unpaired) electrons. The summed E-state index contributed by atoms with van der Waals surface area (Å²) in [6.07, 6.45) is 0. The quantitative estimate of drug-likeness (QED) is 0.752. The summed E-state index contributed by atoms with van der Waals surface area (Å²) in [5.41, 5.74) is 1.15. The van der Waals surface area contributed by atoms with E-state index in [9.17, 15) is 13.6 Å². The number of hydrogen-bond donors (Lipinski definition) is 2. The van der Waals surface area contributed by atoms with Gasteiger partial charge < -0.3 is 10.6 Å². The average molecular weight is 340 g/mol. The van der Waals surface area contributed by atoms with Crippen molar-refractivity contribution in [3.05, 3.63) is 77.4 Å². The maximum absolute atomic E-state index is 13.6. The Labute approximate surface area is 142 Å². The lowest BCUT2D eigenvalue weighted by molar-refractivity contribution is 0.102. The van der Waals surface area contributed by atoms with Crippen LogP contribution in [0.2, 0.25) is 0 Å². The van der Waals surface area contributed by atoms with Gasteiger partial charge in [-0.05, 0) is 43.3 Å². The number of aryl methyl sites for hydroxylation is 1. The zero-order chi connectivity index (χ0) is 17.8. The van der Waals surface area contributed by atoms with Crippen LogP contribution in [0.1, 0.15) is 15.9 Å². The van der Waals surface area contributed by atoms with Crippen LogP contribution in [-0.2, 0) is 0 Å². The van der Waals surface area contributed by atoms with Gasteiger partial charge in [0, 0.05) is 5.56 Å². The molecule has 126 valence electrons. The van der Waals surface area contributed by atoms with E-state index in [4.69, 9.17) is 0 Å². The maximum Gasteiger partial charge on any atom is 0.256 e. The minimum absolute atomic E-state index is 0.151. The molecule has 25 heavy (non-hydrogen) atoms. The fourth-order valence-corrected chi connectivity index (χ4v) is 2.19. The summed E-state index contributed by atoms with van der Waals surface area (Å²) in [6, 6.07) is 13.6. The van der Waals surface area contributed by atoms with Gasteiger partial charge in [-0.2, -0.15) is 0 Å². The summed E-state index contributed by atoms with van der Waals surface area (Å²) in [6.45, 7) is 1.89. The SMILES string of the molecule is Cc1cccc(C(=O)Nc2ccc(Nc3c(F)cccc3F)nn2)c1. The predicted octanol–water partition coefficient (Wildman–Crippen LogP) is 4.06. The number of nitrogens with zero attached hydrogens (tertiary/aromatic N) is 2. The first-order valence-electron chi connectivity index (χ1n) is 7.46. The Morgan fingerprint density at radius 3 is 2.20 bits per heavy atom. The molecule has 2 aromatic carbocycles. The van der Waals surface area contributed by atoms with Crippen molar-refractivity contribution in [1.29, 1.82) is 0 Å². The topological polar surface area (TPSA) is 66.9 Å². The molecule has 0 saturated carbocycles. The summed E-state index contributed by atoms with van der Waals surface area (Å²) in [7, 11) is 0. The molecule has 2 N–H and O–H groups in total. The first-order chi connectivity index (χ1) is 12.0. The van der Waals surface area contributed by atoms with E-state index in [1.54, 1.807) is 18.2 Å². The molecule has 0 bridgehead atoms. The van der Waals surface area contributed by atoms with E-state index in [0.29, 0.717) is 5.56 Å². The van der Waals surface area contributed by atoms with Crippen molar-refractivity contribution in [2.45, 2.75) is 6.92 Å². The zero-order valence-corrected chi connectivity index (χ0v) is 13.3. The van der Waals surface area contributed by atoms with E-state index in [1.807, 2.05) is 13.0 Å². The first kappa shape index (κ1) is 16.5. The Kier molecular flexibility index (Phi) is 4.65. The number of nitrogens with one attached hydrogen (secondary N) is 2. The Hall–Kier alpha value is -3.35. The number of halogens is 2. The Bertz CT molecular complexity index is 893. The Morgan fingerprint density at radius 2 is 1.56 bits per heavy atom. The van der Waals surface area contributed by atoms with E-state index < -0.39 is 11.6 Å². The Morgan fingerprint density at radius 1 is 0.920 bits per heavy atom. The van der Waals surface area contributed by atoms with Gasteiger partial charge in [0.15, 0.2) is 11.6 Å². The smallest absolute Gasteiger partial charge is 0.256 e. The second kappa shape index (κ2) is 7.04. The molecule has 0 aliphatic carbocycles. The molecular formula is C18H14F2N4O. The number of para-hydroxylation sites is 1. The van der Waals surface area contributed by atoms with Gasteiger partial charge in [0.2, 0.25) is 0 Å². The van der Waals surface area contributed by atoms with E-state index in [0.717, 1.165) is 17.7 Å². The number of anilines is 3. The number of hydrogen-bond acceptors (Lipinski definition) is 4. The normalized spacial score (nSPS) is 10.4. The highest BCUT2D eigenvalue weighted by Gasteiger charge is 2.10. The second-order valence-corrected chi connectivity index (χ2v) is 5.35. The van der Waals surface area contributed by atoms with Gasteiger partial charge in [0.1, 0.15) is 17.3 Å². The van der Waals surface area contributed by atoms with Gasteiger partial charge in [0.25, 0.3) is 5.91 Å². The molecule has 3 aromatic rings. The minimum atomic E-state index is -0.737. The molecule has 1 heterocycles. The largest absolute Gasteiger partial charge is 0.334 e. The number of aromatic nitrogens is 2. The van der Waals surface area contributed by atoms with Crippen LogP contribution in [0.25, 0.3) is 0 Å². The fourth-order valence-electron chi connectivity index (χ4n) is 2.19. The maximum atomic E-state index is 13.6. The Balaban J connectivity index is 1.71. The minimum Gasteiger partial charge on any atom is -0.334 e. The molecular weight excluding hydrogens is 326 g/mol. The first-order valence-corrected chi connectivity index (χ1v) is 7.46. The number of carbonyl (C=O) groups excluding carboxylic acids is 1. The van der Waals surface area contributed by atoms with Crippen molar-refractivity contribution in [1.82, 2.24) is 10.2 Å². The van der Waals surface area contributed by atoms with Crippen molar-refractivity contribution in [3.63, 3.8) is 0 Å². The standard InChI is InChI=1S/C18H14F2N4O/c1-11-4-2-5-12(10-11)18(25)22-16-9-8-15(23-24-16)21-17-13(19)6-3-7-14(17)20/h2-10H,1H3,(H,21,23)(H,22,24,25). The van der Waals surface area contributed by atoms with Crippen LogP contribution >= 0.6 is 0 Å². The van der Waals surface area contributed by atoms with Crippen molar-refractivity contribution in [2.75, 3.05) is 10.6 Å². The van der Waals surface area contributed by atoms with Gasteiger partial charge in [-0.3, -0.25) is 4.79 Å². The monoisotopic (exact) mass is 340 g/mol. The lowest BCUT2D eigenvalue weighted by atomic mass is 10.1. The molecule has 1 amide bonds. The molecule has 5 nitrogen and oxygen atoms in total. The molecule has 0 fully saturated rings. The van der Waals surface area contributed by atoms with Crippen LogP contribution in [-0.4, -0.2) is 16.1 Å². The summed E-state index contributed by atoms with van der Waals surface area (Å²) < 4.78 is 27.2. The number of amides is 1. The number of carbonyl (C=O) groups is 1. The van der Waals surface area contributed by atoms with Crippen LogP contribution in [0.3, 0.4) is 0 Å². The molecule has 0 aliphatic heterocycles. The number of rotatable bonds is 4. The lowest BCUT2D eigenvalue weighted by Gasteiger charge is -2.08. The van der Waals surface area contributed by atoms with Crippen LogP contribution in [0, 0.1) is 18.6 Å². The molecule has 0 unspecified atom stereocenters. The third-order valence-corrected chi connectivity index (χ3v) is 3.40. The van der Waals surface area contributed by atoms with Crippen molar-refractivity contribution in [3.8, 4) is 0 Å². The van der Waals surface area contributed by atoms with E-state index in [2.05, 4.69) is 20.8 Å². The zero-order valence-electron chi connectivity index (χ0n) is 13.3. The highest BCUT2D eigenvalue weighted by molar-refractivity contribution is 6.03. The van der Waals surface area contributed by atoms with Crippen molar-refractivity contribution >= 4 is 23.2 Å².